The molecule has 0 aliphatic rings. The van der Waals surface area contributed by atoms with Gasteiger partial charge < -0.3 is 15.0 Å². The van der Waals surface area contributed by atoms with Crippen LogP contribution in [0.15, 0.2) is 30.5 Å². The Morgan fingerprint density at radius 1 is 1.24 bits per heavy atom. The molecule has 2 rings (SSSR count). The first-order chi connectivity index (χ1) is 9.89. The van der Waals surface area contributed by atoms with E-state index in [1.165, 1.54) is 16.5 Å². The minimum atomic E-state index is -0.0813. The molecule has 1 aromatic heterocycles. The van der Waals surface area contributed by atoms with Crippen molar-refractivity contribution in [3.63, 3.8) is 0 Å². The zero-order valence-electron chi connectivity index (χ0n) is 13.7. The van der Waals surface area contributed by atoms with E-state index in [0.717, 1.165) is 26.0 Å². The van der Waals surface area contributed by atoms with Crippen LogP contribution in [-0.4, -0.2) is 22.8 Å². The van der Waals surface area contributed by atoms with Crippen LogP contribution in [0.1, 0.15) is 39.7 Å². The van der Waals surface area contributed by atoms with Gasteiger partial charge in [0.2, 0.25) is 0 Å². The molecular formula is C18H28N2O. The Hall–Kier alpha value is -1.32. The third-order valence-corrected chi connectivity index (χ3v) is 3.73. The first-order valence-corrected chi connectivity index (χ1v) is 7.86. The second-order valence-electron chi connectivity index (χ2n) is 6.74. The molecule has 1 aromatic carbocycles. The lowest BCUT2D eigenvalue weighted by Gasteiger charge is -2.20. The maximum absolute atomic E-state index is 6.06. The van der Waals surface area contributed by atoms with E-state index in [1.807, 2.05) is 0 Å². The van der Waals surface area contributed by atoms with Gasteiger partial charge in [0.1, 0.15) is 0 Å². The van der Waals surface area contributed by atoms with E-state index >= 15 is 0 Å². The monoisotopic (exact) mass is 288 g/mol. The van der Waals surface area contributed by atoms with Gasteiger partial charge in [-0.25, -0.2) is 0 Å². The van der Waals surface area contributed by atoms with Crippen molar-refractivity contribution in [2.45, 2.75) is 58.7 Å². The van der Waals surface area contributed by atoms with Crippen molar-refractivity contribution in [1.82, 2.24) is 4.57 Å². The lowest BCUT2D eigenvalue weighted by Crippen LogP contribution is -2.22. The van der Waals surface area contributed by atoms with E-state index in [0.29, 0.717) is 0 Å². The van der Waals surface area contributed by atoms with Gasteiger partial charge in [-0.1, -0.05) is 19.1 Å². The Bertz CT molecular complexity index is 580. The topological polar surface area (TPSA) is 40.2 Å². The predicted molar refractivity (Wildman–Crippen MR) is 89.6 cm³/mol. The van der Waals surface area contributed by atoms with Gasteiger partial charge in [0.25, 0.3) is 0 Å². The van der Waals surface area contributed by atoms with Crippen LogP contribution in [0.25, 0.3) is 10.9 Å². The van der Waals surface area contributed by atoms with Crippen LogP contribution in [0.3, 0.4) is 0 Å². The minimum Gasteiger partial charge on any atom is -0.374 e. The molecule has 0 saturated carbocycles. The molecule has 2 N–H and O–H groups in total. The van der Waals surface area contributed by atoms with Gasteiger partial charge in [0.15, 0.2) is 0 Å². The number of hydrogen-bond donors (Lipinski definition) is 1. The van der Waals surface area contributed by atoms with Crippen molar-refractivity contribution in [2.75, 3.05) is 6.61 Å². The summed E-state index contributed by atoms with van der Waals surface area (Å²) in [5, 5.41) is 1.28. The van der Waals surface area contributed by atoms with Gasteiger partial charge in [-0.3, -0.25) is 0 Å². The Balaban J connectivity index is 2.11. The Kier molecular flexibility index (Phi) is 5.07. The van der Waals surface area contributed by atoms with E-state index in [9.17, 15) is 0 Å². The van der Waals surface area contributed by atoms with Gasteiger partial charge in [0.05, 0.1) is 12.2 Å². The molecule has 3 heteroatoms. The highest BCUT2D eigenvalue weighted by atomic mass is 16.5. The van der Waals surface area contributed by atoms with E-state index < -0.39 is 0 Å². The molecule has 1 unspecified atom stereocenters. The average molecular weight is 288 g/mol. The van der Waals surface area contributed by atoms with E-state index in [1.54, 1.807) is 0 Å². The van der Waals surface area contributed by atoms with E-state index in [4.69, 9.17) is 10.5 Å². The second kappa shape index (κ2) is 6.63. The standard InChI is InChI=1S/C18H28N2O/c1-5-16(19)12-14-6-7-15-8-9-20(17(15)13-14)10-11-21-18(2,3)4/h6-9,13,16H,5,10-12,19H2,1-4H3. The Labute approximate surface area is 128 Å². The van der Waals surface area contributed by atoms with Crippen LogP contribution in [0.4, 0.5) is 0 Å². The third-order valence-electron chi connectivity index (χ3n) is 3.73. The Morgan fingerprint density at radius 3 is 2.67 bits per heavy atom. The van der Waals surface area contributed by atoms with Crippen molar-refractivity contribution in [3.8, 4) is 0 Å². The minimum absolute atomic E-state index is 0.0813. The van der Waals surface area contributed by atoms with Gasteiger partial charge in [-0.05, 0) is 56.7 Å². The lowest BCUT2D eigenvalue weighted by atomic mass is 10.0. The first kappa shape index (κ1) is 16.1. The smallest absolute Gasteiger partial charge is 0.0652 e. The molecule has 2 aromatic rings. The van der Waals surface area contributed by atoms with E-state index in [-0.39, 0.29) is 11.6 Å². The molecule has 21 heavy (non-hydrogen) atoms. The van der Waals surface area contributed by atoms with Crippen molar-refractivity contribution in [3.05, 3.63) is 36.0 Å². The Morgan fingerprint density at radius 2 is 2.00 bits per heavy atom. The largest absolute Gasteiger partial charge is 0.374 e. The van der Waals surface area contributed by atoms with Crippen molar-refractivity contribution >= 4 is 10.9 Å². The summed E-state index contributed by atoms with van der Waals surface area (Å²) in [7, 11) is 0. The molecule has 1 atom stereocenters. The van der Waals surface area contributed by atoms with Crippen LogP contribution >= 0.6 is 0 Å². The lowest BCUT2D eigenvalue weighted by molar-refractivity contribution is -0.00644. The van der Waals surface area contributed by atoms with E-state index in [2.05, 4.69) is 62.7 Å². The molecule has 3 nitrogen and oxygen atoms in total. The van der Waals surface area contributed by atoms with Crippen molar-refractivity contribution in [2.24, 2.45) is 5.73 Å². The number of rotatable bonds is 6. The van der Waals surface area contributed by atoms with Crippen LogP contribution < -0.4 is 5.73 Å². The number of nitrogens with zero attached hydrogens (tertiary/aromatic N) is 1. The maximum atomic E-state index is 6.06. The molecule has 0 amide bonds. The third kappa shape index (κ3) is 4.58. The second-order valence-corrected chi connectivity index (χ2v) is 6.74. The molecule has 0 fully saturated rings. The number of fused-ring (bicyclic) bond motifs is 1. The molecule has 1 heterocycles. The summed E-state index contributed by atoms with van der Waals surface area (Å²) >= 11 is 0. The molecule has 0 aliphatic heterocycles. The van der Waals surface area contributed by atoms with Crippen LogP contribution in [0.2, 0.25) is 0 Å². The SMILES string of the molecule is CCC(N)Cc1ccc2ccn(CCOC(C)(C)C)c2c1. The summed E-state index contributed by atoms with van der Waals surface area (Å²) in [6, 6.07) is 9.05. The highest BCUT2D eigenvalue weighted by molar-refractivity contribution is 5.80. The summed E-state index contributed by atoms with van der Waals surface area (Å²) in [5.74, 6) is 0. The fourth-order valence-electron chi connectivity index (χ4n) is 2.45. The summed E-state index contributed by atoms with van der Waals surface area (Å²) in [6.45, 7) is 10.0. The molecule has 0 aliphatic carbocycles. The van der Waals surface area contributed by atoms with Gasteiger partial charge >= 0.3 is 0 Å². The number of nitrogens with two attached hydrogens (primary N) is 1. The number of benzene rings is 1. The maximum Gasteiger partial charge on any atom is 0.0652 e. The first-order valence-electron chi connectivity index (χ1n) is 7.86. The van der Waals surface area contributed by atoms with Gasteiger partial charge in [0, 0.05) is 24.3 Å². The molecule has 0 saturated heterocycles. The predicted octanol–water partition coefficient (Wildman–Crippen LogP) is 3.74. The average Bonchev–Trinajstić information content (AvgIpc) is 2.80. The van der Waals surface area contributed by atoms with Crippen molar-refractivity contribution in [1.29, 1.82) is 0 Å². The zero-order valence-corrected chi connectivity index (χ0v) is 13.7. The molecule has 0 bridgehead atoms. The highest BCUT2D eigenvalue weighted by Crippen LogP contribution is 2.19. The fourth-order valence-corrected chi connectivity index (χ4v) is 2.45. The summed E-state index contributed by atoms with van der Waals surface area (Å²) < 4.78 is 8.09. The summed E-state index contributed by atoms with van der Waals surface area (Å²) in [5.41, 5.74) is 8.57. The molecule has 0 spiro atoms. The fraction of sp³-hybridized carbons (Fsp3) is 0.556. The molecule has 0 radical (unpaired) electrons. The summed E-state index contributed by atoms with van der Waals surface area (Å²) in [6.07, 6.45) is 4.09. The van der Waals surface area contributed by atoms with Crippen molar-refractivity contribution < 1.29 is 4.74 Å². The zero-order chi connectivity index (χ0) is 15.5. The van der Waals surface area contributed by atoms with Crippen LogP contribution in [0, 0.1) is 0 Å². The highest BCUT2D eigenvalue weighted by Gasteiger charge is 2.10. The van der Waals surface area contributed by atoms with Crippen LogP contribution in [-0.2, 0) is 17.7 Å². The molecule has 116 valence electrons. The normalized spacial score (nSPS) is 13.8. The quantitative estimate of drug-likeness (QED) is 0.879. The van der Waals surface area contributed by atoms with Crippen LogP contribution in [0.5, 0.6) is 0 Å². The summed E-state index contributed by atoms with van der Waals surface area (Å²) in [4.78, 5) is 0. The number of hydrogen-bond acceptors (Lipinski definition) is 2. The molecular weight excluding hydrogens is 260 g/mol. The van der Waals surface area contributed by atoms with Gasteiger partial charge in [-0.15, -0.1) is 0 Å². The number of aromatic nitrogens is 1. The van der Waals surface area contributed by atoms with Gasteiger partial charge in [-0.2, -0.15) is 0 Å². The number of ether oxygens (including phenoxy) is 1.